The quantitative estimate of drug-likeness (QED) is 0.366. The van der Waals surface area contributed by atoms with Gasteiger partial charge in [-0.3, -0.25) is 4.90 Å². The van der Waals surface area contributed by atoms with Gasteiger partial charge in [0.1, 0.15) is 5.82 Å². The summed E-state index contributed by atoms with van der Waals surface area (Å²) in [5, 5.41) is 15.2. The lowest BCUT2D eigenvalue weighted by Crippen LogP contribution is -2.39. The largest absolute Gasteiger partial charge is 0.435 e. The molecule has 2 aromatic carbocycles. The van der Waals surface area contributed by atoms with E-state index in [0.29, 0.717) is 42.9 Å². The standard InChI is InChI=1S/C27H35F2N3O3/c1-18(2)16-34-17-23(33)14-31(19(3)4)15-24-20(5)30-32(22-12-10-21(28)11-13-22)27(24)35-26-9-7-6-8-25(26)29/h6-13,18-19,23,33H,14-17H2,1-5H3/t23-/m0/s1. The zero-order valence-electron chi connectivity index (χ0n) is 21.0. The summed E-state index contributed by atoms with van der Waals surface area (Å²) in [6, 6.07) is 12.1. The molecule has 0 saturated heterocycles. The number of halogens is 2. The first-order valence-electron chi connectivity index (χ1n) is 11.9. The Labute approximate surface area is 206 Å². The molecule has 0 fully saturated rings. The lowest BCUT2D eigenvalue weighted by atomic mass is 10.2. The van der Waals surface area contributed by atoms with Crippen LogP contribution >= 0.6 is 0 Å². The van der Waals surface area contributed by atoms with Gasteiger partial charge in [-0.05, 0) is 63.1 Å². The third kappa shape index (κ3) is 7.34. The highest BCUT2D eigenvalue weighted by Crippen LogP contribution is 2.33. The van der Waals surface area contributed by atoms with Crippen LogP contribution in [0.5, 0.6) is 11.6 Å². The van der Waals surface area contributed by atoms with Gasteiger partial charge < -0.3 is 14.6 Å². The minimum Gasteiger partial charge on any atom is -0.435 e. The van der Waals surface area contributed by atoms with E-state index in [1.165, 1.54) is 18.2 Å². The van der Waals surface area contributed by atoms with E-state index in [-0.39, 0.29) is 24.2 Å². The number of hydrogen-bond acceptors (Lipinski definition) is 5. The second-order valence-corrected chi connectivity index (χ2v) is 9.40. The van der Waals surface area contributed by atoms with Crippen molar-refractivity contribution in [3.63, 3.8) is 0 Å². The van der Waals surface area contributed by atoms with Crippen molar-refractivity contribution < 1.29 is 23.4 Å². The maximum Gasteiger partial charge on any atom is 0.227 e. The summed E-state index contributed by atoms with van der Waals surface area (Å²) in [4.78, 5) is 2.09. The minimum absolute atomic E-state index is 0.0650. The summed E-state index contributed by atoms with van der Waals surface area (Å²) in [6.45, 7) is 11.7. The molecule has 3 aromatic rings. The Bertz CT molecular complexity index is 1080. The van der Waals surface area contributed by atoms with Crippen LogP contribution in [0.1, 0.15) is 39.0 Å². The van der Waals surface area contributed by atoms with Crippen LogP contribution in [-0.4, -0.2) is 51.7 Å². The van der Waals surface area contributed by atoms with E-state index in [4.69, 9.17) is 9.47 Å². The number of rotatable bonds is 12. The fraction of sp³-hybridized carbons (Fsp3) is 0.444. The molecule has 6 nitrogen and oxygen atoms in total. The lowest BCUT2D eigenvalue weighted by Gasteiger charge is -2.29. The topological polar surface area (TPSA) is 59.8 Å². The maximum atomic E-state index is 14.5. The summed E-state index contributed by atoms with van der Waals surface area (Å²) < 4.78 is 41.3. The molecule has 0 unspecified atom stereocenters. The first kappa shape index (κ1) is 26.8. The molecule has 1 N–H and O–H groups in total. The summed E-state index contributed by atoms with van der Waals surface area (Å²) in [7, 11) is 0. The number of ether oxygens (including phenoxy) is 2. The number of aliphatic hydroxyl groups is 1. The van der Waals surface area contributed by atoms with Gasteiger partial charge in [-0.25, -0.2) is 13.5 Å². The third-order valence-electron chi connectivity index (χ3n) is 5.55. The molecule has 8 heteroatoms. The van der Waals surface area contributed by atoms with Crippen LogP contribution in [0.2, 0.25) is 0 Å². The van der Waals surface area contributed by atoms with Gasteiger partial charge in [0, 0.05) is 25.7 Å². The summed E-state index contributed by atoms with van der Waals surface area (Å²) in [6.07, 6.45) is -0.667. The average molecular weight is 488 g/mol. The molecule has 0 aliphatic rings. The number of benzene rings is 2. The molecule has 0 aliphatic carbocycles. The predicted molar refractivity (Wildman–Crippen MR) is 132 cm³/mol. The van der Waals surface area contributed by atoms with Crippen LogP contribution in [0.3, 0.4) is 0 Å². The van der Waals surface area contributed by atoms with E-state index in [2.05, 4.69) is 23.8 Å². The Morgan fingerprint density at radius 3 is 2.31 bits per heavy atom. The van der Waals surface area contributed by atoms with E-state index in [9.17, 15) is 13.9 Å². The highest BCUT2D eigenvalue weighted by Gasteiger charge is 2.24. The third-order valence-corrected chi connectivity index (χ3v) is 5.55. The van der Waals surface area contributed by atoms with Crippen molar-refractivity contribution in [1.29, 1.82) is 0 Å². The molecule has 0 spiro atoms. The fourth-order valence-corrected chi connectivity index (χ4v) is 3.64. The van der Waals surface area contributed by atoms with Crippen LogP contribution in [-0.2, 0) is 11.3 Å². The van der Waals surface area contributed by atoms with E-state index >= 15 is 0 Å². The van der Waals surface area contributed by atoms with E-state index in [0.717, 1.165) is 5.56 Å². The Morgan fingerprint density at radius 1 is 1.00 bits per heavy atom. The number of aliphatic hydroxyl groups excluding tert-OH is 1. The molecule has 0 bridgehead atoms. The highest BCUT2D eigenvalue weighted by atomic mass is 19.1. The monoisotopic (exact) mass is 487 g/mol. The Hall–Kier alpha value is -2.81. The van der Waals surface area contributed by atoms with Gasteiger partial charge >= 0.3 is 0 Å². The van der Waals surface area contributed by atoms with Gasteiger partial charge in [0.15, 0.2) is 11.6 Å². The number of nitrogens with zero attached hydrogens (tertiary/aromatic N) is 3. The molecular formula is C27H35F2N3O3. The summed E-state index contributed by atoms with van der Waals surface area (Å²) in [5.74, 6) is -0.0671. The average Bonchev–Trinajstić information content (AvgIpc) is 3.10. The van der Waals surface area contributed by atoms with Crippen LogP contribution in [0, 0.1) is 24.5 Å². The van der Waals surface area contributed by atoms with E-state index in [1.54, 1.807) is 35.0 Å². The molecule has 0 saturated carbocycles. The number of hydrogen-bond donors (Lipinski definition) is 1. The molecule has 0 amide bonds. The van der Waals surface area contributed by atoms with Crippen molar-refractivity contribution in [2.45, 2.75) is 53.3 Å². The van der Waals surface area contributed by atoms with Crippen LogP contribution < -0.4 is 4.74 Å². The van der Waals surface area contributed by atoms with Crippen molar-refractivity contribution in [2.75, 3.05) is 19.8 Å². The van der Waals surface area contributed by atoms with Crippen molar-refractivity contribution in [3.8, 4) is 17.3 Å². The maximum absolute atomic E-state index is 14.5. The van der Waals surface area contributed by atoms with Crippen LogP contribution in [0.4, 0.5) is 8.78 Å². The molecule has 0 aliphatic heterocycles. The molecule has 1 heterocycles. The molecule has 190 valence electrons. The first-order valence-corrected chi connectivity index (χ1v) is 11.9. The zero-order chi connectivity index (χ0) is 25.5. The van der Waals surface area contributed by atoms with Gasteiger partial charge in [-0.1, -0.05) is 26.0 Å². The molecular weight excluding hydrogens is 452 g/mol. The first-order chi connectivity index (χ1) is 16.7. The molecule has 1 atom stereocenters. The molecule has 35 heavy (non-hydrogen) atoms. The summed E-state index contributed by atoms with van der Waals surface area (Å²) in [5.41, 5.74) is 2.03. The second-order valence-electron chi connectivity index (χ2n) is 9.40. The Kier molecular flexibility index (Phi) is 9.37. The van der Waals surface area contributed by atoms with Crippen molar-refractivity contribution in [3.05, 3.63) is 71.4 Å². The molecule has 0 radical (unpaired) electrons. The van der Waals surface area contributed by atoms with E-state index in [1.807, 2.05) is 20.8 Å². The number of aryl methyl sites for hydroxylation is 1. The minimum atomic E-state index is -0.667. The normalized spacial score (nSPS) is 12.7. The SMILES string of the molecule is Cc1nn(-c2ccc(F)cc2)c(Oc2ccccc2F)c1CN(C[C@H](O)COCC(C)C)C(C)C. The van der Waals surface area contributed by atoms with Gasteiger partial charge in [0.25, 0.3) is 0 Å². The fourth-order valence-electron chi connectivity index (χ4n) is 3.64. The number of aromatic nitrogens is 2. The zero-order valence-corrected chi connectivity index (χ0v) is 21.0. The second kappa shape index (κ2) is 12.2. The van der Waals surface area contributed by atoms with Gasteiger partial charge in [-0.2, -0.15) is 5.10 Å². The van der Waals surface area contributed by atoms with E-state index < -0.39 is 11.9 Å². The number of para-hydroxylation sites is 1. The van der Waals surface area contributed by atoms with Crippen LogP contribution in [0.25, 0.3) is 5.69 Å². The van der Waals surface area contributed by atoms with Crippen molar-refractivity contribution in [2.24, 2.45) is 5.92 Å². The van der Waals surface area contributed by atoms with Crippen LogP contribution in [0.15, 0.2) is 48.5 Å². The Morgan fingerprint density at radius 2 is 1.69 bits per heavy atom. The Balaban J connectivity index is 1.93. The van der Waals surface area contributed by atoms with Crippen molar-refractivity contribution >= 4 is 0 Å². The predicted octanol–water partition coefficient (Wildman–Crippen LogP) is 5.50. The molecule has 3 rings (SSSR count). The highest BCUT2D eigenvalue weighted by molar-refractivity contribution is 5.43. The van der Waals surface area contributed by atoms with Crippen molar-refractivity contribution in [1.82, 2.24) is 14.7 Å². The van der Waals surface area contributed by atoms with Gasteiger partial charge in [0.2, 0.25) is 5.88 Å². The van der Waals surface area contributed by atoms with Gasteiger partial charge in [-0.15, -0.1) is 0 Å². The van der Waals surface area contributed by atoms with Gasteiger partial charge in [0.05, 0.1) is 29.7 Å². The molecule has 1 aromatic heterocycles. The lowest BCUT2D eigenvalue weighted by molar-refractivity contribution is 0.00160. The smallest absolute Gasteiger partial charge is 0.227 e. The summed E-state index contributed by atoms with van der Waals surface area (Å²) >= 11 is 0.